The highest BCUT2D eigenvalue weighted by Gasteiger charge is 2.26. The number of hydrogen-bond donors (Lipinski definition) is 1. The average Bonchev–Trinajstić information content (AvgIpc) is 3.20. The van der Waals surface area contributed by atoms with Gasteiger partial charge in [-0.2, -0.15) is 0 Å². The third-order valence-corrected chi connectivity index (χ3v) is 7.46. The van der Waals surface area contributed by atoms with Crippen molar-refractivity contribution in [2.75, 3.05) is 11.4 Å². The number of nitrogens with one attached hydrogen (secondary N) is 1. The second kappa shape index (κ2) is 8.76. The number of carbonyl (C=O) groups excluding carboxylic acids is 1. The highest BCUT2D eigenvalue weighted by atomic mass is 32.2. The predicted molar refractivity (Wildman–Crippen MR) is 132 cm³/mol. The zero-order chi connectivity index (χ0) is 23.8. The molecule has 0 aliphatic carbocycles. The second-order valence-electron chi connectivity index (χ2n) is 9.64. The number of aryl methyl sites for hydroxylation is 1. The Morgan fingerprint density at radius 3 is 2.39 bits per heavy atom. The van der Waals surface area contributed by atoms with E-state index in [1.807, 2.05) is 61.5 Å². The fraction of sp³-hybridized carbons (Fsp3) is 0.296. The van der Waals surface area contributed by atoms with Gasteiger partial charge in [0.05, 0.1) is 4.90 Å². The second-order valence-corrected chi connectivity index (χ2v) is 11.4. The number of rotatable bonds is 5. The van der Waals surface area contributed by atoms with E-state index in [0.717, 1.165) is 34.4 Å². The smallest absolute Gasteiger partial charge is 0.258 e. The SMILES string of the molecule is Cc1cccc(C(=O)N2CCc3cc(CNS(=O)(=O)c4ccc(C(C)(C)C)cc4)ccc32)c1. The molecule has 33 heavy (non-hydrogen) atoms. The summed E-state index contributed by atoms with van der Waals surface area (Å²) in [6.45, 7) is 9.08. The topological polar surface area (TPSA) is 66.5 Å². The van der Waals surface area contributed by atoms with Gasteiger partial charge in [-0.1, -0.05) is 62.7 Å². The minimum atomic E-state index is -3.61. The normalized spacial score (nSPS) is 13.8. The molecule has 3 aromatic rings. The Balaban J connectivity index is 1.46. The Labute approximate surface area is 196 Å². The molecule has 1 aliphatic heterocycles. The van der Waals surface area contributed by atoms with Crippen molar-refractivity contribution >= 4 is 21.6 Å². The molecule has 1 amide bonds. The van der Waals surface area contributed by atoms with Crippen molar-refractivity contribution in [1.82, 2.24) is 4.72 Å². The molecule has 0 saturated carbocycles. The van der Waals surface area contributed by atoms with Crippen LogP contribution in [0.25, 0.3) is 0 Å². The number of carbonyl (C=O) groups is 1. The van der Waals surface area contributed by atoms with Crippen LogP contribution in [0.1, 0.15) is 53.4 Å². The molecular formula is C27H30N2O3S. The molecule has 1 heterocycles. The maximum Gasteiger partial charge on any atom is 0.258 e. The summed E-state index contributed by atoms with van der Waals surface area (Å²) in [6, 6.07) is 20.4. The van der Waals surface area contributed by atoms with Crippen LogP contribution in [-0.2, 0) is 28.4 Å². The van der Waals surface area contributed by atoms with E-state index in [1.165, 1.54) is 0 Å². The molecule has 6 heteroatoms. The predicted octanol–water partition coefficient (Wildman–Crippen LogP) is 4.97. The van der Waals surface area contributed by atoms with Crippen LogP contribution in [-0.4, -0.2) is 20.9 Å². The third-order valence-electron chi connectivity index (χ3n) is 6.05. The Morgan fingerprint density at radius 2 is 1.73 bits per heavy atom. The zero-order valence-electron chi connectivity index (χ0n) is 19.6. The summed E-state index contributed by atoms with van der Waals surface area (Å²) in [5.74, 6) is -0.00962. The lowest BCUT2D eigenvalue weighted by Gasteiger charge is -2.19. The van der Waals surface area contributed by atoms with Gasteiger partial charge in [-0.15, -0.1) is 0 Å². The molecule has 3 aromatic carbocycles. The van der Waals surface area contributed by atoms with Crippen LogP contribution in [0.5, 0.6) is 0 Å². The van der Waals surface area contributed by atoms with Crippen LogP contribution in [0, 0.1) is 6.92 Å². The first-order chi connectivity index (χ1) is 15.5. The van der Waals surface area contributed by atoms with Crippen molar-refractivity contribution < 1.29 is 13.2 Å². The number of sulfonamides is 1. The Bertz CT molecular complexity index is 1290. The first kappa shape index (κ1) is 23.2. The lowest BCUT2D eigenvalue weighted by atomic mass is 9.87. The maximum atomic E-state index is 13.0. The van der Waals surface area contributed by atoms with Crippen LogP contribution in [0.4, 0.5) is 5.69 Å². The standard InChI is InChI=1S/C27H30N2O3S/c1-19-6-5-7-22(16-19)26(30)29-15-14-21-17-20(8-13-25(21)29)18-28-33(31,32)24-11-9-23(10-12-24)27(2,3)4/h5-13,16-17,28H,14-15,18H2,1-4H3. The molecule has 0 fully saturated rings. The molecule has 0 saturated heterocycles. The van der Waals surface area contributed by atoms with Gasteiger partial charge in [0.1, 0.15) is 0 Å². The number of nitrogens with zero attached hydrogens (tertiary/aromatic N) is 1. The summed E-state index contributed by atoms with van der Waals surface area (Å²) in [6.07, 6.45) is 0.752. The Hall–Kier alpha value is -2.96. The molecule has 0 bridgehead atoms. The van der Waals surface area contributed by atoms with E-state index in [9.17, 15) is 13.2 Å². The molecule has 0 spiro atoms. The quantitative estimate of drug-likeness (QED) is 0.582. The molecule has 1 N–H and O–H groups in total. The van der Waals surface area contributed by atoms with Crippen LogP contribution in [0.2, 0.25) is 0 Å². The Kier molecular flexibility index (Phi) is 6.16. The number of amides is 1. The number of fused-ring (bicyclic) bond motifs is 1. The van der Waals surface area contributed by atoms with E-state index in [0.29, 0.717) is 12.1 Å². The van der Waals surface area contributed by atoms with Gasteiger partial charge in [0.15, 0.2) is 0 Å². The lowest BCUT2D eigenvalue weighted by Crippen LogP contribution is -2.28. The number of benzene rings is 3. The van der Waals surface area contributed by atoms with E-state index in [2.05, 4.69) is 25.5 Å². The summed E-state index contributed by atoms with van der Waals surface area (Å²) >= 11 is 0. The summed E-state index contributed by atoms with van der Waals surface area (Å²) in [5.41, 5.74) is 5.61. The molecule has 0 unspecified atom stereocenters. The maximum absolute atomic E-state index is 13.0. The van der Waals surface area contributed by atoms with Gasteiger partial charge in [0.25, 0.3) is 5.91 Å². The fourth-order valence-corrected chi connectivity index (χ4v) is 5.12. The first-order valence-corrected chi connectivity index (χ1v) is 12.6. The minimum absolute atomic E-state index is 0.00962. The van der Waals surface area contributed by atoms with Crippen molar-refractivity contribution in [2.45, 2.75) is 51.0 Å². The molecule has 1 aliphatic rings. The summed E-state index contributed by atoms with van der Waals surface area (Å²) in [7, 11) is -3.61. The van der Waals surface area contributed by atoms with E-state index in [-0.39, 0.29) is 22.8 Å². The largest absolute Gasteiger partial charge is 0.308 e. The van der Waals surface area contributed by atoms with Gasteiger partial charge < -0.3 is 4.90 Å². The summed E-state index contributed by atoms with van der Waals surface area (Å²) in [4.78, 5) is 15.0. The molecule has 172 valence electrons. The van der Waals surface area contributed by atoms with Crippen molar-refractivity contribution in [3.8, 4) is 0 Å². The zero-order valence-corrected chi connectivity index (χ0v) is 20.4. The van der Waals surface area contributed by atoms with Gasteiger partial charge in [-0.3, -0.25) is 4.79 Å². The highest BCUT2D eigenvalue weighted by Crippen LogP contribution is 2.30. The first-order valence-electron chi connectivity index (χ1n) is 11.2. The van der Waals surface area contributed by atoms with E-state index < -0.39 is 10.0 Å². The van der Waals surface area contributed by atoms with E-state index in [4.69, 9.17) is 0 Å². The van der Waals surface area contributed by atoms with E-state index in [1.54, 1.807) is 17.0 Å². The summed E-state index contributed by atoms with van der Waals surface area (Å²) < 4.78 is 28.2. The fourth-order valence-electron chi connectivity index (χ4n) is 4.11. The molecule has 0 aromatic heterocycles. The van der Waals surface area contributed by atoms with Crippen LogP contribution in [0.3, 0.4) is 0 Å². The van der Waals surface area contributed by atoms with Crippen LogP contribution in [0.15, 0.2) is 71.6 Å². The molecule has 5 nitrogen and oxygen atoms in total. The van der Waals surface area contributed by atoms with Crippen molar-refractivity contribution in [2.24, 2.45) is 0 Å². The monoisotopic (exact) mass is 462 g/mol. The van der Waals surface area contributed by atoms with Gasteiger partial charge in [0, 0.05) is 24.3 Å². The number of anilines is 1. The van der Waals surface area contributed by atoms with Crippen molar-refractivity contribution in [1.29, 1.82) is 0 Å². The van der Waals surface area contributed by atoms with Gasteiger partial charge >= 0.3 is 0 Å². The van der Waals surface area contributed by atoms with Gasteiger partial charge in [-0.05, 0) is 65.8 Å². The van der Waals surface area contributed by atoms with Gasteiger partial charge in [-0.25, -0.2) is 13.1 Å². The molecule has 0 atom stereocenters. The van der Waals surface area contributed by atoms with Crippen molar-refractivity contribution in [3.63, 3.8) is 0 Å². The van der Waals surface area contributed by atoms with Crippen LogP contribution >= 0.6 is 0 Å². The highest BCUT2D eigenvalue weighted by molar-refractivity contribution is 7.89. The third kappa shape index (κ3) is 5.02. The van der Waals surface area contributed by atoms with E-state index >= 15 is 0 Å². The number of hydrogen-bond acceptors (Lipinski definition) is 3. The Morgan fingerprint density at radius 1 is 1.00 bits per heavy atom. The molecule has 0 radical (unpaired) electrons. The summed E-state index contributed by atoms with van der Waals surface area (Å²) in [5, 5.41) is 0. The molecular weight excluding hydrogens is 432 g/mol. The molecule has 4 rings (SSSR count). The van der Waals surface area contributed by atoms with Crippen molar-refractivity contribution in [3.05, 3.63) is 94.5 Å². The minimum Gasteiger partial charge on any atom is -0.308 e. The van der Waals surface area contributed by atoms with Crippen LogP contribution < -0.4 is 9.62 Å². The average molecular weight is 463 g/mol. The lowest BCUT2D eigenvalue weighted by molar-refractivity contribution is 0.0989. The van der Waals surface area contributed by atoms with Gasteiger partial charge in [0.2, 0.25) is 10.0 Å².